The standard InChI is InChI=1S/C14H17ClN2O/c15-13-3-1-12(2-4-13)14(18)17-10-7-11-5-8-16-9-6-11/h1-5,16H,6-10H2,(H,17,18). The lowest BCUT2D eigenvalue weighted by molar-refractivity contribution is 0.0954. The minimum absolute atomic E-state index is 0.0406. The van der Waals surface area contributed by atoms with E-state index in [1.54, 1.807) is 24.3 Å². The topological polar surface area (TPSA) is 41.1 Å². The molecule has 0 radical (unpaired) electrons. The SMILES string of the molecule is O=C(NCCC1=CCNCC1)c1ccc(Cl)cc1. The molecule has 3 nitrogen and oxygen atoms in total. The van der Waals surface area contributed by atoms with E-state index in [0.717, 1.165) is 25.9 Å². The first-order valence-electron chi connectivity index (χ1n) is 6.18. The number of halogens is 1. The van der Waals surface area contributed by atoms with E-state index in [1.165, 1.54) is 5.57 Å². The molecule has 0 bridgehead atoms. The predicted octanol–water partition coefficient (Wildman–Crippen LogP) is 2.38. The van der Waals surface area contributed by atoms with Crippen molar-refractivity contribution in [3.63, 3.8) is 0 Å². The molecule has 0 fully saturated rings. The van der Waals surface area contributed by atoms with Crippen LogP contribution in [0.3, 0.4) is 0 Å². The van der Waals surface area contributed by atoms with Crippen molar-refractivity contribution in [3.8, 4) is 0 Å². The van der Waals surface area contributed by atoms with Gasteiger partial charge in [0.25, 0.3) is 5.91 Å². The van der Waals surface area contributed by atoms with Crippen molar-refractivity contribution >= 4 is 17.5 Å². The number of hydrogen-bond donors (Lipinski definition) is 2. The number of hydrogen-bond acceptors (Lipinski definition) is 2. The minimum Gasteiger partial charge on any atom is -0.352 e. The predicted molar refractivity (Wildman–Crippen MR) is 74.0 cm³/mol. The van der Waals surface area contributed by atoms with Crippen LogP contribution in [0.25, 0.3) is 0 Å². The van der Waals surface area contributed by atoms with Crippen molar-refractivity contribution in [2.45, 2.75) is 12.8 Å². The van der Waals surface area contributed by atoms with Gasteiger partial charge in [0, 0.05) is 23.7 Å². The zero-order valence-corrected chi connectivity index (χ0v) is 11.0. The molecule has 1 heterocycles. The van der Waals surface area contributed by atoms with E-state index in [-0.39, 0.29) is 5.91 Å². The highest BCUT2D eigenvalue weighted by molar-refractivity contribution is 6.30. The van der Waals surface area contributed by atoms with Gasteiger partial charge in [0.15, 0.2) is 0 Å². The van der Waals surface area contributed by atoms with E-state index >= 15 is 0 Å². The molecule has 2 N–H and O–H groups in total. The number of nitrogens with one attached hydrogen (secondary N) is 2. The van der Waals surface area contributed by atoms with Crippen molar-refractivity contribution in [1.29, 1.82) is 0 Å². The van der Waals surface area contributed by atoms with Crippen molar-refractivity contribution < 1.29 is 4.79 Å². The maximum Gasteiger partial charge on any atom is 0.251 e. The second-order valence-electron chi connectivity index (χ2n) is 4.33. The molecule has 0 spiro atoms. The Morgan fingerprint density at radius 3 is 2.78 bits per heavy atom. The molecule has 0 aliphatic carbocycles. The molecule has 0 aromatic heterocycles. The van der Waals surface area contributed by atoms with E-state index < -0.39 is 0 Å². The summed E-state index contributed by atoms with van der Waals surface area (Å²) in [5, 5.41) is 6.84. The molecule has 1 aliphatic rings. The molecule has 1 amide bonds. The van der Waals surface area contributed by atoms with E-state index in [4.69, 9.17) is 11.6 Å². The molecule has 0 atom stereocenters. The van der Waals surface area contributed by atoms with Crippen LogP contribution in [0.4, 0.5) is 0 Å². The van der Waals surface area contributed by atoms with Crippen LogP contribution in [0, 0.1) is 0 Å². The summed E-state index contributed by atoms with van der Waals surface area (Å²) in [6.45, 7) is 2.67. The highest BCUT2D eigenvalue weighted by Crippen LogP contribution is 2.10. The quantitative estimate of drug-likeness (QED) is 0.820. The van der Waals surface area contributed by atoms with Crippen LogP contribution in [0.1, 0.15) is 23.2 Å². The summed E-state index contributed by atoms with van der Waals surface area (Å²) in [7, 11) is 0. The fraction of sp³-hybridized carbons (Fsp3) is 0.357. The zero-order valence-electron chi connectivity index (χ0n) is 10.2. The summed E-state index contributed by atoms with van der Waals surface area (Å²) >= 11 is 5.78. The van der Waals surface area contributed by atoms with Crippen LogP contribution in [-0.2, 0) is 0 Å². The van der Waals surface area contributed by atoms with Gasteiger partial charge in [-0.25, -0.2) is 0 Å². The van der Waals surface area contributed by atoms with E-state index in [9.17, 15) is 4.79 Å². The molecule has 4 heteroatoms. The summed E-state index contributed by atoms with van der Waals surface area (Å²) in [6, 6.07) is 6.93. The summed E-state index contributed by atoms with van der Waals surface area (Å²) in [6.07, 6.45) is 4.22. The normalized spacial score (nSPS) is 15.1. The summed E-state index contributed by atoms with van der Waals surface area (Å²) in [4.78, 5) is 11.8. The number of rotatable bonds is 4. The van der Waals surface area contributed by atoms with Crippen LogP contribution < -0.4 is 10.6 Å². The molecular formula is C14H17ClN2O. The fourth-order valence-corrected chi connectivity index (χ4v) is 2.06. The molecule has 2 rings (SSSR count). The van der Waals surface area contributed by atoms with E-state index in [2.05, 4.69) is 16.7 Å². The van der Waals surface area contributed by atoms with Crippen LogP contribution >= 0.6 is 11.6 Å². The molecule has 0 saturated heterocycles. The Morgan fingerprint density at radius 2 is 2.11 bits per heavy atom. The maximum atomic E-state index is 11.8. The smallest absolute Gasteiger partial charge is 0.251 e. The number of carbonyl (C=O) groups excluding carboxylic acids is 1. The van der Waals surface area contributed by atoms with Crippen LogP contribution in [0.15, 0.2) is 35.9 Å². The number of carbonyl (C=O) groups is 1. The first-order chi connectivity index (χ1) is 8.75. The second kappa shape index (κ2) is 6.57. The van der Waals surface area contributed by atoms with Gasteiger partial charge in [-0.3, -0.25) is 4.79 Å². The molecule has 0 unspecified atom stereocenters. The van der Waals surface area contributed by atoms with Gasteiger partial charge in [-0.15, -0.1) is 0 Å². The third-order valence-electron chi connectivity index (χ3n) is 3.00. The third-order valence-corrected chi connectivity index (χ3v) is 3.25. The lowest BCUT2D eigenvalue weighted by atomic mass is 10.1. The Hall–Kier alpha value is -1.32. The van der Waals surface area contributed by atoms with Crippen molar-refractivity contribution in [1.82, 2.24) is 10.6 Å². The Balaban J connectivity index is 1.78. The summed E-state index contributed by atoms with van der Waals surface area (Å²) in [5.74, 6) is -0.0406. The Bertz CT molecular complexity index is 440. The molecule has 1 aromatic rings. The van der Waals surface area contributed by atoms with Gasteiger partial charge in [-0.05, 0) is 43.7 Å². The van der Waals surface area contributed by atoms with Gasteiger partial charge in [-0.2, -0.15) is 0 Å². The Morgan fingerprint density at radius 1 is 1.33 bits per heavy atom. The van der Waals surface area contributed by atoms with Gasteiger partial charge in [0.1, 0.15) is 0 Å². The Labute approximate surface area is 112 Å². The van der Waals surface area contributed by atoms with Gasteiger partial charge in [0.2, 0.25) is 0 Å². The number of benzene rings is 1. The highest BCUT2D eigenvalue weighted by atomic mass is 35.5. The van der Waals surface area contributed by atoms with E-state index in [0.29, 0.717) is 17.1 Å². The van der Waals surface area contributed by atoms with Crippen molar-refractivity contribution in [3.05, 3.63) is 46.5 Å². The first kappa shape index (κ1) is 13.1. The highest BCUT2D eigenvalue weighted by Gasteiger charge is 2.06. The second-order valence-corrected chi connectivity index (χ2v) is 4.77. The van der Waals surface area contributed by atoms with Crippen molar-refractivity contribution in [2.24, 2.45) is 0 Å². The molecule has 1 aliphatic heterocycles. The molecular weight excluding hydrogens is 248 g/mol. The lowest BCUT2D eigenvalue weighted by Gasteiger charge is -2.14. The summed E-state index contributed by atoms with van der Waals surface area (Å²) < 4.78 is 0. The monoisotopic (exact) mass is 264 g/mol. The zero-order chi connectivity index (χ0) is 12.8. The van der Waals surface area contributed by atoms with Crippen LogP contribution in [-0.4, -0.2) is 25.5 Å². The van der Waals surface area contributed by atoms with E-state index in [1.807, 2.05) is 0 Å². The average molecular weight is 265 g/mol. The summed E-state index contributed by atoms with van der Waals surface area (Å²) in [5.41, 5.74) is 2.07. The first-order valence-corrected chi connectivity index (χ1v) is 6.56. The average Bonchev–Trinajstić information content (AvgIpc) is 2.40. The van der Waals surface area contributed by atoms with Gasteiger partial charge in [0.05, 0.1) is 0 Å². The van der Waals surface area contributed by atoms with Gasteiger partial charge < -0.3 is 10.6 Å². The molecule has 0 saturated carbocycles. The molecule has 96 valence electrons. The molecule has 1 aromatic carbocycles. The number of amides is 1. The van der Waals surface area contributed by atoms with Gasteiger partial charge >= 0.3 is 0 Å². The van der Waals surface area contributed by atoms with Gasteiger partial charge in [-0.1, -0.05) is 23.3 Å². The lowest BCUT2D eigenvalue weighted by Crippen LogP contribution is -2.26. The Kier molecular flexibility index (Phi) is 4.79. The van der Waals surface area contributed by atoms with Crippen LogP contribution in [0.5, 0.6) is 0 Å². The largest absolute Gasteiger partial charge is 0.352 e. The minimum atomic E-state index is -0.0406. The fourth-order valence-electron chi connectivity index (χ4n) is 1.94. The third kappa shape index (κ3) is 3.86. The van der Waals surface area contributed by atoms with Crippen molar-refractivity contribution in [2.75, 3.05) is 19.6 Å². The maximum absolute atomic E-state index is 11.8. The van der Waals surface area contributed by atoms with Crippen LogP contribution in [0.2, 0.25) is 5.02 Å². The molecule has 18 heavy (non-hydrogen) atoms.